The highest BCUT2D eigenvalue weighted by Gasteiger charge is 2.09. The van der Waals surface area contributed by atoms with Crippen molar-refractivity contribution in [3.05, 3.63) is 58.1 Å². The number of halogens is 1. The van der Waals surface area contributed by atoms with Crippen molar-refractivity contribution in [3.63, 3.8) is 0 Å². The van der Waals surface area contributed by atoms with E-state index in [4.69, 9.17) is 14.7 Å². The highest BCUT2D eigenvalue weighted by atomic mass is 79.9. The van der Waals surface area contributed by atoms with E-state index in [0.717, 1.165) is 10.0 Å². The molecule has 2 rings (SSSR count). The molecule has 0 heterocycles. The summed E-state index contributed by atoms with van der Waals surface area (Å²) in [5, 5.41) is 9.03. The Hall–Kier alpha value is -1.99. The zero-order valence-corrected chi connectivity index (χ0v) is 12.0. The monoisotopic (exact) mass is 317 g/mol. The molecule has 0 bridgehead atoms. The van der Waals surface area contributed by atoms with Crippen LogP contribution in [-0.2, 0) is 6.61 Å². The standard InChI is InChI=1S/C15H12BrNO2/c1-18-14-8-4-7-13(16)15(14)19-10-12-6-3-2-5-11(12)9-17/h2-8H,10H2,1H3. The fourth-order valence-corrected chi connectivity index (χ4v) is 2.16. The van der Waals surface area contributed by atoms with Gasteiger partial charge in [0.05, 0.1) is 23.2 Å². The van der Waals surface area contributed by atoms with Gasteiger partial charge in [0.25, 0.3) is 0 Å². The lowest BCUT2D eigenvalue weighted by molar-refractivity contribution is 0.282. The molecule has 2 aromatic carbocycles. The van der Waals surface area contributed by atoms with E-state index in [-0.39, 0.29) is 0 Å². The lowest BCUT2D eigenvalue weighted by Crippen LogP contribution is -2.00. The first kappa shape index (κ1) is 13.4. The molecule has 0 unspecified atom stereocenters. The van der Waals surface area contributed by atoms with Gasteiger partial charge in [-0.3, -0.25) is 0 Å². The van der Waals surface area contributed by atoms with E-state index in [1.54, 1.807) is 13.2 Å². The van der Waals surface area contributed by atoms with E-state index in [1.165, 1.54) is 0 Å². The normalized spacial score (nSPS) is 9.74. The van der Waals surface area contributed by atoms with Crippen molar-refractivity contribution in [1.82, 2.24) is 0 Å². The average Bonchev–Trinajstić information content (AvgIpc) is 2.46. The summed E-state index contributed by atoms with van der Waals surface area (Å²) in [5.74, 6) is 1.29. The van der Waals surface area contributed by atoms with Crippen molar-refractivity contribution in [2.45, 2.75) is 6.61 Å². The van der Waals surface area contributed by atoms with Crippen molar-refractivity contribution in [2.75, 3.05) is 7.11 Å². The SMILES string of the molecule is COc1cccc(Br)c1OCc1ccccc1C#N. The Balaban J connectivity index is 2.22. The Morgan fingerprint density at radius 3 is 2.68 bits per heavy atom. The molecule has 0 saturated carbocycles. The molecule has 0 N–H and O–H groups in total. The van der Waals surface area contributed by atoms with Gasteiger partial charge in [-0.15, -0.1) is 0 Å². The molecular weight excluding hydrogens is 306 g/mol. The zero-order chi connectivity index (χ0) is 13.7. The summed E-state index contributed by atoms with van der Waals surface area (Å²) in [4.78, 5) is 0. The minimum Gasteiger partial charge on any atom is -0.493 e. The number of benzene rings is 2. The molecule has 0 aliphatic heterocycles. The van der Waals surface area contributed by atoms with Crippen LogP contribution in [0.2, 0.25) is 0 Å². The van der Waals surface area contributed by atoms with E-state index in [1.807, 2.05) is 36.4 Å². The maximum Gasteiger partial charge on any atom is 0.175 e. The molecular formula is C15H12BrNO2. The van der Waals surface area contributed by atoms with Crippen LogP contribution in [0.4, 0.5) is 0 Å². The number of nitrogens with zero attached hydrogens (tertiary/aromatic N) is 1. The quantitative estimate of drug-likeness (QED) is 0.858. The van der Waals surface area contributed by atoms with Gasteiger partial charge in [-0.05, 0) is 34.1 Å². The summed E-state index contributed by atoms with van der Waals surface area (Å²) < 4.78 is 11.8. The predicted molar refractivity (Wildman–Crippen MR) is 76.2 cm³/mol. The first-order valence-corrected chi connectivity index (χ1v) is 6.49. The third-order valence-electron chi connectivity index (χ3n) is 2.66. The molecule has 19 heavy (non-hydrogen) atoms. The predicted octanol–water partition coefficient (Wildman–Crippen LogP) is 3.91. The molecule has 2 aromatic rings. The van der Waals surface area contributed by atoms with E-state index in [2.05, 4.69) is 22.0 Å². The minimum absolute atomic E-state index is 0.322. The molecule has 96 valence electrons. The number of ether oxygens (including phenoxy) is 2. The Kier molecular flexibility index (Phi) is 4.43. The first-order valence-electron chi connectivity index (χ1n) is 5.69. The van der Waals surface area contributed by atoms with Crippen LogP contribution >= 0.6 is 15.9 Å². The fourth-order valence-electron chi connectivity index (χ4n) is 1.70. The zero-order valence-electron chi connectivity index (χ0n) is 10.4. The number of nitriles is 1. The smallest absolute Gasteiger partial charge is 0.175 e. The Morgan fingerprint density at radius 2 is 1.95 bits per heavy atom. The molecule has 0 radical (unpaired) electrons. The highest BCUT2D eigenvalue weighted by molar-refractivity contribution is 9.10. The molecule has 0 aromatic heterocycles. The molecule has 4 heteroatoms. The molecule has 0 fully saturated rings. The van der Waals surface area contributed by atoms with Crippen LogP contribution in [-0.4, -0.2) is 7.11 Å². The van der Waals surface area contributed by atoms with Crippen LogP contribution in [0.5, 0.6) is 11.5 Å². The fraction of sp³-hybridized carbons (Fsp3) is 0.133. The van der Waals surface area contributed by atoms with Gasteiger partial charge in [0, 0.05) is 5.56 Å². The molecule has 0 atom stereocenters. The molecule has 0 amide bonds. The van der Waals surface area contributed by atoms with Crippen LogP contribution in [0.3, 0.4) is 0 Å². The third-order valence-corrected chi connectivity index (χ3v) is 3.29. The number of hydrogen-bond donors (Lipinski definition) is 0. The summed E-state index contributed by atoms with van der Waals surface area (Å²) >= 11 is 3.43. The minimum atomic E-state index is 0.322. The Bertz CT molecular complexity index is 620. The van der Waals surface area contributed by atoms with Crippen molar-refractivity contribution >= 4 is 15.9 Å². The lowest BCUT2D eigenvalue weighted by atomic mass is 10.1. The third kappa shape index (κ3) is 3.07. The Labute approximate surface area is 120 Å². The van der Waals surface area contributed by atoms with E-state index in [9.17, 15) is 0 Å². The highest BCUT2D eigenvalue weighted by Crippen LogP contribution is 2.35. The van der Waals surface area contributed by atoms with Crippen molar-refractivity contribution in [1.29, 1.82) is 5.26 Å². The van der Waals surface area contributed by atoms with Gasteiger partial charge in [0.1, 0.15) is 6.61 Å². The second-order valence-electron chi connectivity index (χ2n) is 3.83. The number of methoxy groups -OCH3 is 1. The van der Waals surface area contributed by atoms with Crippen LogP contribution in [0.15, 0.2) is 46.9 Å². The van der Waals surface area contributed by atoms with Crippen molar-refractivity contribution in [2.24, 2.45) is 0 Å². The van der Waals surface area contributed by atoms with Crippen molar-refractivity contribution in [3.8, 4) is 17.6 Å². The van der Waals surface area contributed by atoms with Gasteiger partial charge in [-0.1, -0.05) is 24.3 Å². The van der Waals surface area contributed by atoms with Crippen LogP contribution in [0.25, 0.3) is 0 Å². The molecule has 0 aliphatic rings. The number of rotatable bonds is 4. The molecule has 3 nitrogen and oxygen atoms in total. The average molecular weight is 318 g/mol. The molecule has 0 saturated heterocycles. The summed E-state index contributed by atoms with van der Waals surface area (Å²) in [6.07, 6.45) is 0. The Morgan fingerprint density at radius 1 is 1.16 bits per heavy atom. The van der Waals surface area contributed by atoms with Gasteiger partial charge < -0.3 is 9.47 Å². The van der Waals surface area contributed by atoms with E-state index >= 15 is 0 Å². The van der Waals surface area contributed by atoms with E-state index < -0.39 is 0 Å². The first-order chi connectivity index (χ1) is 9.26. The topological polar surface area (TPSA) is 42.2 Å². The van der Waals surface area contributed by atoms with Gasteiger partial charge in [-0.25, -0.2) is 0 Å². The molecule has 0 spiro atoms. The van der Waals surface area contributed by atoms with E-state index in [0.29, 0.717) is 23.7 Å². The van der Waals surface area contributed by atoms with Crippen molar-refractivity contribution < 1.29 is 9.47 Å². The second kappa shape index (κ2) is 6.26. The van der Waals surface area contributed by atoms with Crippen LogP contribution in [0.1, 0.15) is 11.1 Å². The number of hydrogen-bond acceptors (Lipinski definition) is 3. The van der Waals surface area contributed by atoms with Gasteiger partial charge in [-0.2, -0.15) is 5.26 Å². The van der Waals surface area contributed by atoms with Gasteiger partial charge in [0.15, 0.2) is 11.5 Å². The second-order valence-corrected chi connectivity index (χ2v) is 4.68. The van der Waals surface area contributed by atoms with Crippen LogP contribution in [0, 0.1) is 11.3 Å². The summed E-state index contributed by atoms with van der Waals surface area (Å²) in [5.41, 5.74) is 1.47. The number of para-hydroxylation sites is 1. The maximum atomic E-state index is 9.03. The summed E-state index contributed by atoms with van der Waals surface area (Å²) in [6, 6.07) is 15.1. The summed E-state index contributed by atoms with van der Waals surface area (Å²) in [6.45, 7) is 0.322. The van der Waals surface area contributed by atoms with Gasteiger partial charge in [0.2, 0.25) is 0 Å². The molecule has 0 aliphatic carbocycles. The van der Waals surface area contributed by atoms with Gasteiger partial charge >= 0.3 is 0 Å². The lowest BCUT2D eigenvalue weighted by Gasteiger charge is -2.12. The van der Waals surface area contributed by atoms with Crippen LogP contribution < -0.4 is 9.47 Å². The maximum absolute atomic E-state index is 9.03. The summed E-state index contributed by atoms with van der Waals surface area (Å²) in [7, 11) is 1.60. The largest absolute Gasteiger partial charge is 0.493 e.